The third-order valence-corrected chi connectivity index (χ3v) is 3.98. The number of para-hydroxylation sites is 1. The van der Waals surface area contributed by atoms with Gasteiger partial charge < -0.3 is 10.2 Å². The van der Waals surface area contributed by atoms with Crippen LogP contribution in [0.3, 0.4) is 0 Å². The summed E-state index contributed by atoms with van der Waals surface area (Å²) in [6.45, 7) is 11.4. The Kier molecular flexibility index (Phi) is 4.43. The second kappa shape index (κ2) is 6.05. The van der Waals surface area contributed by atoms with E-state index in [9.17, 15) is 0 Å². The molecule has 1 aromatic carbocycles. The maximum Gasteiger partial charge on any atom is 0.0415 e. The predicted molar refractivity (Wildman–Crippen MR) is 78.9 cm³/mol. The molecule has 2 rings (SSSR count). The van der Waals surface area contributed by atoms with E-state index in [4.69, 9.17) is 0 Å². The summed E-state index contributed by atoms with van der Waals surface area (Å²) in [5, 5.41) is 3.70. The first kappa shape index (κ1) is 13.2. The lowest BCUT2D eigenvalue weighted by molar-refractivity contribution is 0.372. The van der Waals surface area contributed by atoms with Gasteiger partial charge in [0.15, 0.2) is 0 Å². The van der Waals surface area contributed by atoms with Crippen molar-refractivity contribution in [3.05, 3.63) is 42.5 Å². The van der Waals surface area contributed by atoms with Gasteiger partial charge in [0.05, 0.1) is 0 Å². The molecule has 1 aromatic rings. The lowest BCUT2D eigenvalue weighted by Gasteiger charge is -2.29. The highest BCUT2D eigenvalue weighted by atomic mass is 15.2. The molecular weight excluding hydrogens is 220 g/mol. The number of fused-ring (bicyclic) bond motifs is 1. The van der Waals surface area contributed by atoms with Gasteiger partial charge in [-0.05, 0) is 17.5 Å². The molecule has 2 atom stereocenters. The van der Waals surface area contributed by atoms with E-state index in [0.29, 0.717) is 12.0 Å². The molecule has 2 heteroatoms. The number of hydrogen-bond donors (Lipinski definition) is 1. The highest BCUT2D eigenvalue weighted by molar-refractivity contribution is 5.55. The largest absolute Gasteiger partial charge is 0.366 e. The maximum atomic E-state index is 3.89. The monoisotopic (exact) mass is 244 g/mol. The Morgan fingerprint density at radius 2 is 2.28 bits per heavy atom. The lowest BCUT2D eigenvalue weighted by atomic mass is 9.99. The minimum atomic E-state index is 0.558. The summed E-state index contributed by atoms with van der Waals surface area (Å²) >= 11 is 0. The van der Waals surface area contributed by atoms with Gasteiger partial charge in [-0.25, -0.2) is 0 Å². The summed E-state index contributed by atoms with van der Waals surface area (Å²) in [7, 11) is 0. The Morgan fingerprint density at radius 3 is 3.00 bits per heavy atom. The van der Waals surface area contributed by atoms with E-state index in [1.165, 1.54) is 17.7 Å². The van der Waals surface area contributed by atoms with Crippen molar-refractivity contribution in [3.63, 3.8) is 0 Å². The van der Waals surface area contributed by atoms with Crippen LogP contribution in [0.4, 0.5) is 5.69 Å². The minimum absolute atomic E-state index is 0.558. The topological polar surface area (TPSA) is 15.3 Å². The van der Waals surface area contributed by atoms with E-state index in [0.717, 1.165) is 19.6 Å². The molecule has 1 aliphatic heterocycles. The molecule has 0 amide bonds. The number of rotatable bonds is 4. The molecule has 1 N–H and O–H groups in total. The zero-order valence-corrected chi connectivity index (χ0v) is 11.5. The van der Waals surface area contributed by atoms with Crippen LogP contribution >= 0.6 is 0 Å². The zero-order chi connectivity index (χ0) is 13.0. The number of anilines is 1. The van der Waals surface area contributed by atoms with Crippen molar-refractivity contribution in [3.8, 4) is 0 Å². The second-order valence-electron chi connectivity index (χ2n) is 5.20. The lowest BCUT2D eigenvalue weighted by Crippen LogP contribution is -2.42. The predicted octanol–water partition coefficient (Wildman–Crippen LogP) is 3.20. The first-order valence-corrected chi connectivity index (χ1v) is 6.93. The molecule has 0 bridgehead atoms. The standard InChI is InChI=1S/C16H24N2/c1-4-10-18-12-15(13(3)5-2)17-11-14-8-6-7-9-16(14)18/h4,6-9,13,15,17H,1,5,10-12H2,2-3H3. The Balaban J connectivity index is 2.25. The molecule has 0 saturated heterocycles. The molecule has 0 radical (unpaired) electrons. The van der Waals surface area contributed by atoms with Crippen LogP contribution in [0.2, 0.25) is 0 Å². The van der Waals surface area contributed by atoms with Crippen molar-refractivity contribution in [2.75, 3.05) is 18.0 Å². The Morgan fingerprint density at radius 1 is 1.50 bits per heavy atom. The van der Waals surface area contributed by atoms with Gasteiger partial charge in [-0.1, -0.05) is 44.5 Å². The smallest absolute Gasteiger partial charge is 0.0415 e. The van der Waals surface area contributed by atoms with E-state index < -0.39 is 0 Å². The Labute approximate surface area is 111 Å². The quantitative estimate of drug-likeness (QED) is 0.818. The average Bonchev–Trinajstić information content (AvgIpc) is 2.59. The molecule has 0 spiro atoms. The summed E-state index contributed by atoms with van der Waals surface area (Å²) in [4.78, 5) is 2.44. The van der Waals surface area contributed by atoms with Gasteiger partial charge in [0.1, 0.15) is 0 Å². The Hall–Kier alpha value is -1.28. The third kappa shape index (κ3) is 2.75. The van der Waals surface area contributed by atoms with Crippen molar-refractivity contribution in [2.45, 2.75) is 32.9 Å². The fourth-order valence-corrected chi connectivity index (χ4v) is 2.60. The fraction of sp³-hybridized carbons (Fsp3) is 0.500. The zero-order valence-electron chi connectivity index (χ0n) is 11.5. The highest BCUT2D eigenvalue weighted by Gasteiger charge is 2.23. The second-order valence-corrected chi connectivity index (χ2v) is 5.20. The molecule has 18 heavy (non-hydrogen) atoms. The van der Waals surface area contributed by atoms with Crippen molar-refractivity contribution in [1.29, 1.82) is 0 Å². The molecule has 1 aliphatic rings. The van der Waals surface area contributed by atoms with Gasteiger partial charge >= 0.3 is 0 Å². The fourth-order valence-electron chi connectivity index (χ4n) is 2.60. The van der Waals surface area contributed by atoms with Crippen LogP contribution in [0.5, 0.6) is 0 Å². The molecular formula is C16H24N2. The normalized spacial score (nSPS) is 21.0. The molecule has 98 valence electrons. The first-order valence-electron chi connectivity index (χ1n) is 6.93. The maximum absolute atomic E-state index is 3.89. The summed E-state index contributed by atoms with van der Waals surface area (Å²) in [6, 6.07) is 9.24. The van der Waals surface area contributed by atoms with Crippen molar-refractivity contribution in [2.24, 2.45) is 5.92 Å². The third-order valence-electron chi connectivity index (χ3n) is 3.98. The molecule has 2 unspecified atom stereocenters. The molecule has 0 fully saturated rings. The van der Waals surface area contributed by atoms with Gasteiger partial charge in [-0.2, -0.15) is 0 Å². The first-order chi connectivity index (χ1) is 8.76. The summed E-state index contributed by atoms with van der Waals surface area (Å²) < 4.78 is 0. The van der Waals surface area contributed by atoms with Gasteiger partial charge in [0.25, 0.3) is 0 Å². The summed E-state index contributed by atoms with van der Waals surface area (Å²) in [5.41, 5.74) is 2.75. The SMILES string of the molecule is C=CCN1CC(C(C)CC)NCc2ccccc21. The minimum Gasteiger partial charge on any atom is -0.366 e. The van der Waals surface area contributed by atoms with Gasteiger partial charge in [0.2, 0.25) is 0 Å². The van der Waals surface area contributed by atoms with Crippen LogP contribution in [0.15, 0.2) is 36.9 Å². The van der Waals surface area contributed by atoms with E-state index in [-0.39, 0.29) is 0 Å². The van der Waals surface area contributed by atoms with Crippen LogP contribution in [-0.2, 0) is 6.54 Å². The van der Waals surface area contributed by atoms with E-state index in [1.807, 2.05) is 6.08 Å². The number of hydrogen-bond acceptors (Lipinski definition) is 2. The number of nitrogens with one attached hydrogen (secondary N) is 1. The van der Waals surface area contributed by atoms with E-state index in [1.54, 1.807) is 0 Å². The van der Waals surface area contributed by atoms with Crippen LogP contribution in [0.25, 0.3) is 0 Å². The van der Waals surface area contributed by atoms with Crippen LogP contribution in [0, 0.1) is 5.92 Å². The van der Waals surface area contributed by atoms with Gasteiger partial charge in [-0.3, -0.25) is 0 Å². The van der Waals surface area contributed by atoms with Crippen molar-refractivity contribution in [1.82, 2.24) is 5.32 Å². The van der Waals surface area contributed by atoms with Crippen molar-refractivity contribution >= 4 is 5.69 Å². The molecule has 0 saturated carbocycles. The van der Waals surface area contributed by atoms with Gasteiger partial charge in [0, 0.05) is 31.4 Å². The van der Waals surface area contributed by atoms with Crippen LogP contribution < -0.4 is 10.2 Å². The molecule has 1 heterocycles. The van der Waals surface area contributed by atoms with E-state index >= 15 is 0 Å². The Bertz CT molecular complexity index is 400. The number of nitrogens with zero attached hydrogens (tertiary/aromatic N) is 1. The summed E-state index contributed by atoms with van der Waals surface area (Å²) in [6.07, 6.45) is 3.21. The molecule has 0 aromatic heterocycles. The average molecular weight is 244 g/mol. The number of benzene rings is 1. The molecule has 0 aliphatic carbocycles. The van der Waals surface area contributed by atoms with Crippen LogP contribution in [0.1, 0.15) is 25.8 Å². The van der Waals surface area contributed by atoms with Crippen molar-refractivity contribution < 1.29 is 0 Å². The highest BCUT2D eigenvalue weighted by Crippen LogP contribution is 2.25. The summed E-state index contributed by atoms with van der Waals surface area (Å²) in [5.74, 6) is 0.701. The van der Waals surface area contributed by atoms with Gasteiger partial charge in [-0.15, -0.1) is 6.58 Å². The van der Waals surface area contributed by atoms with E-state index in [2.05, 4.69) is 54.9 Å². The molecule has 2 nitrogen and oxygen atoms in total. The van der Waals surface area contributed by atoms with Crippen LogP contribution in [-0.4, -0.2) is 19.1 Å².